The van der Waals surface area contributed by atoms with Crippen molar-refractivity contribution in [1.29, 1.82) is 0 Å². The van der Waals surface area contributed by atoms with Crippen molar-refractivity contribution in [2.75, 3.05) is 0 Å². The number of nitro groups is 1. The van der Waals surface area contributed by atoms with Crippen LogP contribution in [0.1, 0.15) is 5.56 Å². The van der Waals surface area contributed by atoms with Gasteiger partial charge in [-0.2, -0.15) is 0 Å². The van der Waals surface area contributed by atoms with Crippen molar-refractivity contribution in [3.63, 3.8) is 0 Å². The van der Waals surface area contributed by atoms with Crippen molar-refractivity contribution in [2.24, 2.45) is 0 Å². The molecule has 0 N–H and O–H groups in total. The topological polar surface area (TPSA) is 65.3 Å². The van der Waals surface area contributed by atoms with E-state index in [9.17, 15) is 10.1 Å². The number of hydrogen-bond donors (Lipinski definition) is 0. The van der Waals surface area contributed by atoms with Crippen LogP contribution in [0.2, 0.25) is 20.2 Å². The average molecular weight is 368 g/mol. The fraction of sp³-hybridized carbons (Fsp3) is 0.0833. The van der Waals surface area contributed by atoms with E-state index in [-0.39, 0.29) is 33.2 Å². The van der Waals surface area contributed by atoms with E-state index in [1.807, 2.05) is 0 Å². The Kier molecular flexibility index (Phi) is 5.11. The Balaban J connectivity index is 2.22. The van der Waals surface area contributed by atoms with Gasteiger partial charge >= 0.3 is 0 Å². The molecule has 0 aliphatic rings. The number of ether oxygens (including phenoxy) is 1. The minimum Gasteiger partial charge on any atom is -0.486 e. The van der Waals surface area contributed by atoms with Gasteiger partial charge in [0.15, 0.2) is 5.75 Å². The number of aromatic nitrogens is 1. The zero-order valence-corrected chi connectivity index (χ0v) is 13.2. The van der Waals surface area contributed by atoms with Crippen LogP contribution in [0.15, 0.2) is 24.4 Å². The molecule has 2 aromatic rings. The standard InChI is InChI=1S/C12H6Cl4N2O3/c13-8-3-11(16)17-4-6(8)5-21-12-9(14)1-7(18(19)20)2-10(12)15/h1-4H,5H2. The van der Waals surface area contributed by atoms with Crippen LogP contribution in [0.5, 0.6) is 5.75 Å². The normalized spacial score (nSPS) is 10.5. The molecule has 110 valence electrons. The molecule has 1 aromatic carbocycles. The van der Waals surface area contributed by atoms with Gasteiger partial charge in [0.1, 0.15) is 11.8 Å². The van der Waals surface area contributed by atoms with Gasteiger partial charge in [-0.15, -0.1) is 0 Å². The fourth-order valence-electron chi connectivity index (χ4n) is 1.48. The van der Waals surface area contributed by atoms with Crippen molar-refractivity contribution in [3.05, 3.63) is 60.3 Å². The molecule has 0 bridgehead atoms. The average Bonchev–Trinajstić information content (AvgIpc) is 2.39. The maximum atomic E-state index is 10.7. The summed E-state index contributed by atoms with van der Waals surface area (Å²) >= 11 is 23.5. The molecule has 0 fully saturated rings. The first-order valence-electron chi connectivity index (χ1n) is 5.44. The molecule has 0 radical (unpaired) electrons. The molecule has 1 heterocycles. The largest absolute Gasteiger partial charge is 0.486 e. The first-order chi connectivity index (χ1) is 9.88. The van der Waals surface area contributed by atoms with Crippen LogP contribution in [-0.2, 0) is 6.61 Å². The summed E-state index contributed by atoms with van der Waals surface area (Å²) in [5.74, 6) is 0.134. The lowest BCUT2D eigenvalue weighted by Crippen LogP contribution is -1.99. The van der Waals surface area contributed by atoms with E-state index in [1.165, 1.54) is 12.3 Å². The van der Waals surface area contributed by atoms with Gasteiger partial charge in [-0.05, 0) is 6.07 Å². The Labute approximate surface area is 139 Å². The Hall–Kier alpha value is -1.27. The third kappa shape index (κ3) is 3.89. The van der Waals surface area contributed by atoms with Crippen LogP contribution in [-0.4, -0.2) is 9.91 Å². The van der Waals surface area contributed by atoms with Gasteiger partial charge in [-0.1, -0.05) is 46.4 Å². The lowest BCUT2D eigenvalue weighted by Gasteiger charge is -2.10. The lowest BCUT2D eigenvalue weighted by molar-refractivity contribution is -0.384. The predicted octanol–water partition coefficient (Wildman–Crippen LogP) is 5.18. The Morgan fingerprint density at radius 1 is 1.10 bits per heavy atom. The number of non-ortho nitro benzene ring substituents is 1. The second-order valence-corrected chi connectivity index (χ2v) is 5.49. The Morgan fingerprint density at radius 3 is 2.24 bits per heavy atom. The third-order valence-corrected chi connectivity index (χ3v) is 3.58. The van der Waals surface area contributed by atoms with Crippen molar-refractivity contribution in [3.8, 4) is 5.75 Å². The van der Waals surface area contributed by atoms with E-state index in [2.05, 4.69) is 4.98 Å². The summed E-state index contributed by atoms with van der Waals surface area (Å²) in [7, 11) is 0. The predicted molar refractivity (Wildman–Crippen MR) is 81.7 cm³/mol. The second kappa shape index (κ2) is 6.66. The number of rotatable bonds is 4. The SMILES string of the molecule is O=[N+]([O-])c1cc(Cl)c(OCc2cnc(Cl)cc2Cl)c(Cl)c1. The van der Waals surface area contributed by atoms with Crippen LogP contribution < -0.4 is 4.74 Å². The van der Waals surface area contributed by atoms with Crippen LogP contribution in [0.25, 0.3) is 0 Å². The molecule has 1 aromatic heterocycles. The molecule has 21 heavy (non-hydrogen) atoms. The number of nitro benzene ring substituents is 1. The summed E-state index contributed by atoms with van der Waals surface area (Å²) in [4.78, 5) is 14.0. The van der Waals surface area contributed by atoms with E-state index in [0.29, 0.717) is 10.6 Å². The van der Waals surface area contributed by atoms with E-state index in [0.717, 1.165) is 12.1 Å². The molecule has 9 heteroatoms. The van der Waals surface area contributed by atoms with E-state index < -0.39 is 4.92 Å². The van der Waals surface area contributed by atoms with Gasteiger partial charge in [0.25, 0.3) is 5.69 Å². The monoisotopic (exact) mass is 366 g/mol. The van der Waals surface area contributed by atoms with E-state index in [1.54, 1.807) is 0 Å². The second-order valence-electron chi connectivity index (χ2n) is 3.88. The molecular weight excluding hydrogens is 362 g/mol. The molecule has 0 amide bonds. The molecule has 0 saturated heterocycles. The summed E-state index contributed by atoms with van der Waals surface area (Å²) in [5.41, 5.74) is 0.357. The highest BCUT2D eigenvalue weighted by Crippen LogP contribution is 2.37. The summed E-state index contributed by atoms with van der Waals surface area (Å²) in [6, 6.07) is 3.79. The molecule has 0 aliphatic heterocycles. The van der Waals surface area contributed by atoms with Crippen molar-refractivity contribution < 1.29 is 9.66 Å². The van der Waals surface area contributed by atoms with Gasteiger partial charge in [-0.3, -0.25) is 10.1 Å². The molecule has 2 rings (SSSR count). The van der Waals surface area contributed by atoms with Gasteiger partial charge in [0.2, 0.25) is 0 Å². The number of benzene rings is 1. The third-order valence-electron chi connectivity index (χ3n) is 2.46. The van der Waals surface area contributed by atoms with Crippen LogP contribution in [0.4, 0.5) is 5.69 Å². The molecular formula is C12H6Cl4N2O3. The van der Waals surface area contributed by atoms with Gasteiger partial charge in [0.05, 0.1) is 20.0 Å². The number of hydrogen-bond acceptors (Lipinski definition) is 4. The quantitative estimate of drug-likeness (QED) is 0.424. The van der Waals surface area contributed by atoms with Crippen LogP contribution >= 0.6 is 46.4 Å². The Morgan fingerprint density at radius 2 is 1.71 bits per heavy atom. The highest BCUT2D eigenvalue weighted by molar-refractivity contribution is 6.37. The summed E-state index contributed by atoms with van der Waals surface area (Å²) in [5, 5.41) is 11.4. The summed E-state index contributed by atoms with van der Waals surface area (Å²) in [6.45, 7) is 0.0419. The van der Waals surface area contributed by atoms with Crippen LogP contribution in [0, 0.1) is 10.1 Å². The smallest absolute Gasteiger partial charge is 0.272 e. The number of pyridine rings is 1. The molecule has 5 nitrogen and oxygen atoms in total. The van der Waals surface area contributed by atoms with Crippen molar-refractivity contribution in [1.82, 2.24) is 4.98 Å². The molecule has 0 spiro atoms. The Bertz CT molecular complexity index is 686. The van der Waals surface area contributed by atoms with Crippen molar-refractivity contribution in [2.45, 2.75) is 6.61 Å². The van der Waals surface area contributed by atoms with E-state index >= 15 is 0 Å². The van der Waals surface area contributed by atoms with Gasteiger partial charge in [0, 0.05) is 23.9 Å². The fourth-order valence-corrected chi connectivity index (χ4v) is 2.49. The number of nitrogens with zero attached hydrogens (tertiary/aromatic N) is 2. The molecule has 0 saturated carbocycles. The number of halogens is 4. The van der Waals surface area contributed by atoms with E-state index in [4.69, 9.17) is 51.1 Å². The highest BCUT2D eigenvalue weighted by Gasteiger charge is 2.16. The first kappa shape index (κ1) is 16.1. The lowest BCUT2D eigenvalue weighted by atomic mass is 10.3. The summed E-state index contributed by atoms with van der Waals surface area (Å²) < 4.78 is 5.46. The highest BCUT2D eigenvalue weighted by atomic mass is 35.5. The minimum atomic E-state index is -0.596. The zero-order chi connectivity index (χ0) is 15.6. The first-order valence-corrected chi connectivity index (χ1v) is 6.96. The van der Waals surface area contributed by atoms with Crippen LogP contribution in [0.3, 0.4) is 0 Å². The van der Waals surface area contributed by atoms with Gasteiger partial charge < -0.3 is 4.74 Å². The molecule has 0 aliphatic carbocycles. The summed E-state index contributed by atoms with van der Waals surface area (Å²) in [6.07, 6.45) is 1.46. The van der Waals surface area contributed by atoms with Crippen molar-refractivity contribution >= 4 is 52.1 Å². The zero-order valence-electron chi connectivity index (χ0n) is 10.1. The molecule has 0 unspecified atom stereocenters. The maximum Gasteiger partial charge on any atom is 0.272 e. The van der Waals surface area contributed by atoms with Gasteiger partial charge in [-0.25, -0.2) is 4.98 Å². The minimum absolute atomic E-state index is 0.0345. The maximum absolute atomic E-state index is 10.7. The molecule has 0 atom stereocenters.